The van der Waals surface area contributed by atoms with E-state index in [9.17, 15) is 19.8 Å². The van der Waals surface area contributed by atoms with E-state index in [2.05, 4.69) is 53.6 Å². The number of nitrogens with zero attached hydrogens (tertiary/aromatic N) is 6. The highest BCUT2D eigenvalue weighted by molar-refractivity contribution is 7.51. The Hall–Kier alpha value is -6.39. The van der Waals surface area contributed by atoms with E-state index < -0.39 is 28.2 Å². The van der Waals surface area contributed by atoms with Crippen LogP contribution < -0.4 is 0 Å². The fourth-order valence-corrected chi connectivity index (χ4v) is 9.31. The molecule has 0 atom stereocenters. The van der Waals surface area contributed by atoms with Gasteiger partial charge in [0, 0.05) is 50.3 Å². The van der Waals surface area contributed by atoms with Gasteiger partial charge in [-0.1, -0.05) is 96.1 Å². The number of aryl methyl sites for hydroxylation is 3. The van der Waals surface area contributed by atoms with Crippen LogP contribution in [0.25, 0.3) is 44.6 Å². The Balaban J connectivity index is 0.000000263. The Kier molecular flexibility index (Phi) is 19.9. The van der Waals surface area contributed by atoms with Gasteiger partial charge in [0.15, 0.2) is 16.6 Å². The molecule has 0 bridgehead atoms. The topological polar surface area (TPSA) is 207 Å². The third-order valence-electron chi connectivity index (χ3n) is 12.6. The number of benzene rings is 5. The summed E-state index contributed by atoms with van der Waals surface area (Å²) < 4.78 is 38.5. The first kappa shape index (κ1) is 58.5. The Morgan fingerprint density at radius 3 is 1.39 bits per heavy atom. The molecule has 0 amide bonds. The fraction of sp³-hybridized carbons (Fsp3) is 0.418. The predicted octanol–water partition coefficient (Wildman–Crippen LogP) is 10.8. The maximum atomic E-state index is 12.4. The van der Waals surface area contributed by atoms with Crippen LogP contribution >= 0.6 is 0 Å². The molecule has 0 fully saturated rings. The summed E-state index contributed by atoms with van der Waals surface area (Å²) >= 11 is -0.750. The maximum absolute atomic E-state index is 12.4. The number of phenolic OH excluding ortho intramolecular Hbond substituents is 2. The van der Waals surface area contributed by atoms with E-state index >= 15 is 0 Å². The van der Waals surface area contributed by atoms with Crippen LogP contribution in [0.2, 0.25) is 38.3 Å². The molecule has 7 aromatic rings. The van der Waals surface area contributed by atoms with Gasteiger partial charge in [-0.15, -0.1) is 30.0 Å². The largest absolute Gasteiger partial charge is 0.505 e. The van der Waals surface area contributed by atoms with Crippen molar-refractivity contribution in [3.63, 3.8) is 0 Å². The highest BCUT2D eigenvalue weighted by Crippen LogP contribution is 2.38. The zero-order chi connectivity index (χ0) is 54.6. The van der Waals surface area contributed by atoms with E-state index in [4.69, 9.17) is 31.8 Å². The number of carbonyl (C=O) groups excluding carboxylic acids is 2. The van der Waals surface area contributed by atoms with Crippen LogP contribution in [0, 0.1) is 6.92 Å². The minimum Gasteiger partial charge on any atom is -0.505 e. The second-order valence-electron chi connectivity index (χ2n) is 21.5. The quantitative estimate of drug-likeness (QED) is 0.0643. The van der Waals surface area contributed by atoms with Gasteiger partial charge >= 0.3 is 23.5 Å². The summed E-state index contributed by atoms with van der Waals surface area (Å²) in [6.45, 7) is 23.4. The molecule has 19 heteroatoms. The zero-order valence-electron chi connectivity index (χ0n) is 45.1. The van der Waals surface area contributed by atoms with Gasteiger partial charge in [0.05, 0.1) is 13.2 Å². The summed E-state index contributed by atoms with van der Waals surface area (Å²) in [6, 6.07) is 31.1. The number of aromatic hydroxyl groups is 2. The van der Waals surface area contributed by atoms with Crippen LogP contribution in [0.4, 0.5) is 0 Å². The molecule has 0 spiro atoms. The highest BCUT2D eigenvalue weighted by atomic mass is 32.1. The first-order chi connectivity index (χ1) is 34.8. The number of hydrogen-bond donors (Lipinski definition) is 2. The molecule has 2 N–H and O–H groups in total. The van der Waals surface area contributed by atoms with Crippen molar-refractivity contribution >= 4 is 62.2 Å². The van der Waals surface area contributed by atoms with E-state index in [1.807, 2.05) is 127 Å². The third kappa shape index (κ3) is 16.3. The third-order valence-corrected chi connectivity index (χ3v) is 17.7. The lowest BCUT2D eigenvalue weighted by atomic mass is 9.84. The first-order valence-electron chi connectivity index (χ1n) is 24.6. The molecule has 16 nitrogen and oxygen atoms in total. The van der Waals surface area contributed by atoms with Crippen LogP contribution in [0.1, 0.15) is 82.2 Å². The molecule has 0 radical (unpaired) electrons. The number of phenols is 2. The minimum atomic E-state index is -1.77. The van der Waals surface area contributed by atoms with Crippen molar-refractivity contribution < 1.29 is 46.5 Å². The number of hydrogen-bond acceptors (Lipinski definition) is 14. The van der Waals surface area contributed by atoms with Gasteiger partial charge in [0.1, 0.15) is 44.9 Å². The molecule has 0 aliphatic carbocycles. The Morgan fingerprint density at radius 1 is 0.568 bits per heavy atom. The molecule has 0 unspecified atom stereocenters. The number of ether oxygens (including phenoxy) is 2. The Bertz CT molecular complexity index is 3080. The van der Waals surface area contributed by atoms with Gasteiger partial charge in [-0.3, -0.25) is 9.59 Å². The summed E-state index contributed by atoms with van der Waals surface area (Å²) in [6.07, 6.45) is 1.49. The standard InChI is InChI=1S/C30H37N3O4Si.C25H35N3O4Si.O2S/c1-30(2,3)24-18-21(12-15-28(34)37-16-17-38(5,6)36-4)19-27(29(24)35)33-31-25-14-13-23(20-26(25)32-33)22-10-8-7-9-11-22;1-17-8-10-20-21(14-17)27-28(26-20)22-16-18(15-19(24(22)30)25(2,3)4)9-11-23(29)32-12-13-33(6,7)31-5;1-3-2/h7-11,13-14,18-20,35H,12,15-17H2,1-6H3;8,10,14-16,30H,9,11-13H2,1-7H3;. The number of carbonyl (C=O) groups is 2. The summed E-state index contributed by atoms with van der Waals surface area (Å²) in [5.74, 6) is -0.188. The van der Waals surface area contributed by atoms with E-state index in [0.29, 0.717) is 37.4 Å². The lowest BCUT2D eigenvalue weighted by molar-refractivity contribution is -0.144. The van der Waals surface area contributed by atoms with Gasteiger partial charge in [0.2, 0.25) is 0 Å². The summed E-state index contributed by atoms with van der Waals surface area (Å²) in [5, 5.41) is 40.8. The molecular weight excluding hydrogens is 993 g/mol. The average molecular weight is 1070 g/mol. The van der Waals surface area contributed by atoms with Crippen LogP contribution in [0.15, 0.2) is 91.0 Å². The molecule has 2 aromatic heterocycles. The molecule has 0 aliphatic rings. The second kappa shape index (κ2) is 25.2. The van der Waals surface area contributed by atoms with Gasteiger partial charge in [-0.2, -0.15) is 8.42 Å². The van der Waals surface area contributed by atoms with Crippen molar-refractivity contribution in [2.75, 3.05) is 27.4 Å². The van der Waals surface area contributed by atoms with Crippen molar-refractivity contribution in [3.8, 4) is 34.0 Å². The monoisotopic (exact) mass is 1060 g/mol. The van der Waals surface area contributed by atoms with Crippen LogP contribution in [0.5, 0.6) is 11.5 Å². The first-order valence-corrected chi connectivity index (χ1v) is 31.5. The molecular formula is C55H72N6O10SSi2. The average Bonchev–Trinajstić information content (AvgIpc) is 3.97. The number of esters is 2. The van der Waals surface area contributed by atoms with E-state index in [1.54, 1.807) is 14.2 Å². The van der Waals surface area contributed by atoms with Crippen molar-refractivity contribution in [1.29, 1.82) is 0 Å². The predicted molar refractivity (Wildman–Crippen MR) is 295 cm³/mol. The SMILES string of the molecule is CO[Si](C)(C)CCOC(=O)CCc1cc(-n2nc3ccc(-c4ccccc4)cc3n2)c(O)c(C(C)(C)C)c1.CO[Si](C)(C)CCOC(=O)CCc1cc(-n2nc3ccc(C)cc3n2)c(O)c(C(C)(C)C)c1.O=S=O. The lowest BCUT2D eigenvalue weighted by Gasteiger charge is -2.23. The number of rotatable bonds is 17. The van der Waals surface area contributed by atoms with E-state index in [0.717, 1.165) is 73.1 Å². The normalized spacial score (nSPS) is 11.9. The van der Waals surface area contributed by atoms with Gasteiger partial charge in [-0.25, -0.2) is 0 Å². The lowest BCUT2D eigenvalue weighted by Crippen LogP contribution is -2.30. The zero-order valence-corrected chi connectivity index (χ0v) is 47.9. The molecule has 0 saturated carbocycles. The van der Waals surface area contributed by atoms with Crippen molar-refractivity contribution in [2.24, 2.45) is 0 Å². The number of fused-ring (bicyclic) bond motifs is 2. The van der Waals surface area contributed by atoms with E-state index in [1.165, 1.54) is 9.59 Å². The molecule has 0 aliphatic heterocycles. The Labute approximate surface area is 440 Å². The van der Waals surface area contributed by atoms with Gasteiger partial charge in [-0.05, 0) is 121 Å². The number of aromatic nitrogens is 6. The molecule has 5 aromatic carbocycles. The smallest absolute Gasteiger partial charge is 0.335 e. The van der Waals surface area contributed by atoms with Crippen LogP contribution in [0.3, 0.4) is 0 Å². The minimum absolute atomic E-state index is 0.138. The van der Waals surface area contributed by atoms with Crippen LogP contribution in [-0.4, -0.2) is 105 Å². The molecule has 2 heterocycles. The van der Waals surface area contributed by atoms with Gasteiger partial charge < -0.3 is 28.5 Å². The van der Waals surface area contributed by atoms with Crippen molar-refractivity contribution in [1.82, 2.24) is 30.0 Å². The maximum Gasteiger partial charge on any atom is 0.335 e. The molecule has 7 rings (SSSR count). The fourth-order valence-electron chi connectivity index (χ4n) is 7.72. The summed E-state index contributed by atoms with van der Waals surface area (Å²) in [5.41, 5.74) is 10.0. The Morgan fingerprint density at radius 2 is 0.973 bits per heavy atom. The van der Waals surface area contributed by atoms with Crippen molar-refractivity contribution in [2.45, 2.75) is 123 Å². The van der Waals surface area contributed by atoms with Gasteiger partial charge in [0.25, 0.3) is 0 Å². The second-order valence-corrected chi connectivity index (χ2v) is 30.5. The van der Waals surface area contributed by atoms with Crippen molar-refractivity contribution in [3.05, 3.63) is 119 Å². The summed E-state index contributed by atoms with van der Waals surface area (Å²) in [7, 11) is -0.0986. The molecule has 396 valence electrons. The summed E-state index contributed by atoms with van der Waals surface area (Å²) in [4.78, 5) is 27.7. The van der Waals surface area contributed by atoms with Crippen LogP contribution in [-0.2, 0) is 63.2 Å². The molecule has 0 saturated heterocycles. The highest BCUT2D eigenvalue weighted by Gasteiger charge is 2.27. The van der Waals surface area contributed by atoms with E-state index in [-0.39, 0.29) is 47.1 Å². The molecule has 74 heavy (non-hydrogen) atoms.